The van der Waals surface area contributed by atoms with Crippen LogP contribution in [0.4, 0.5) is 0 Å². The van der Waals surface area contributed by atoms with Crippen LogP contribution < -0.4 is 4.72 Å². The minimum atomic E-state index is -3.52. The highest BCUT2D eigenvalue weighted by atomic mass is 32.2. The van der Waals surface area contributed by atoms with E-state index >= 15 is 0 Å². The first-order valence-electron chi connectivity index (χ1n) is 6.33. The molecule has 2 aromatic rings. The highest BCUT2D eigenvalue weighted by Crippen LogP contribution is 2.26. The van der Waals surface area contributed by atoms with Gasteiger partial charge in [0.2, 0.25) is 10.0 Å². The molecular weight excluding hydrogens is 292 g/mol. The molecule has 1 unspecified atom stereocenters. The molecule has 0 aliphatic carbocycles. The summed E-state index contributed by atoms with van der Waals surface area (Å²) in [7, 11) is -3.52. The van der Waals surface area contributed by atoms with Crippen LogP contribution in [0.2, 0.25) is 0 Å². The van der Waals surface area contributed by atoms with Gasteiger partial charge < -0.3 is 0 Å². The fourth-order valence-corrected chi connectivity index (χ4v) is 4.62. The Morgan fingerprint density at radius 3 is 2.40 bits per heavy atom. The molecule has 0 amide bonds. The maximum absolute atomic E-state index is 12.4. The number of hydrogen-bond donors (Lipinski definition) is 1. The third kappa shape index (κ3) is 3.08. The number of sulfonamides is 1. The van der Waals surface area contributed by atoms with E-state index in [2.05, 4.69) is 9.71 Å². The molecule has 0 aliphatic rings. The molecule has 1 N–H and O–H groups in total. The Balaban J connectivity index is 2.29. The second-order valence-corrected chi connectivity index (χ2v) is 7.71. The predicted octanol–water partition coefficient (Wildman–Crippen LogP) is 3.11. The van der Waals surface area contributed by atoms with Crippen molar-refractivity contribution >= 4 is 21.4 Å². The number of aryl methyl sites for hydroxylation is 3. The van der Waals surface area contributed by atoms with Gasteiger partial charge in [0, 0.05) is 4.88 Å². The van der Waals surface area contributed by atoms with Crippen LogP contribution in [-0.4, -0.2) is 13.4 Å². The zero-order valence-electron chi connectivity index (χ0n) is 12.0. The van der Waals surface area contributed by atoms with Crippen molar-refractivity contribution in [1.82, 2.24) is 9.71 Å². The Hall–Kier alpha value is -1.24. The maximum atomic E-state index is 12.4. The summed E-state index contributed by atoms with van der Waals surface area (Å²) < 4.78 is 27.6. The van der Waals surface area contributed by atoms with Crippen LogP contribution in [0.25, 0.3) is 0 Å². The van der Waals surface area contributed by atoms with Gasteiger partial charge in [0.1, 0.15) is 0 Å². The number of hydrogen-bond acceptors (Lipinski definition) is 4. The van der Waals surface area contributed by atoms with Crippen molar-refractivity contribution < 1.29 is 8.42 Å². The standard InChI is InChI=1S/C14H18N2O2S2/c1-9-7-5-6-8-13(9)20(17,18)16-11(3)14-10(2)15-12(4)19-14/h5-8,11,16H,1-4H3. The van der Waals surface area contributed by atoms with Crippen LogP contribution in [-0.2, 0) is 10.0 Å². The van der Waals surface area contributed by atoms with E-state index < -0.39 is 10.0 Å². The molecule has 6 heteroatoms. The van der Waals surface area contributed by atoms with Gasteiger partial charge in [-0.1, -0.05) is 18.2 Å². The van der Waals surface area contributed by atoms with Crippen LogP contribution in [0.1, 0.15) is 34.1 Å². The quantitative estimate of drug-likeness (QED) is 0.944. The average Bonchev–Trinajstić information content (AvgIpc) is 2.68. The number of thiazole rings is 1. The molecule has 2 rings (SSSR count). The molecule has 1 aromatic carbocycles. The van der Waals surface area contributed by atoms with Gasteiger partial charge in [-0.15, -0.1) is 11.3 Å². The van der Waals surface area contributed by atoms with Crippen LogP contribution in [0.3, 0.4) is 0 Å². The molecule has 0 bridgehead atoms. The van der Waals surface area contributed by atoms with E-state index in [9.17, 15) is 8.42 Å². The van der Waals surface area contributed by atoms with Gasteiger partial charge in [-0.05, 0) is 39.3 Å². The minimum Gasteiger partial charge on any atom is -0.247 e. The molecule has 0 fully saturated rings. The number of nitrogens with zero attached hydrogens (tertiary/aromatic N) is 1. The molecule has 0 spiro atoms. The van der Waals surface area contributed by atoms with Crippen molar-refractivity contribution in [2.75, 3.05) is 0 Å². The Kier molecular flexibility index (Phi) is 4.27. The largest absolute Gasteiger partial charge is 0.247 e. The number of rotatable bonds is 4. The SMILES string of the molecule is Cc1nc(C)c(C(C)NS(=O)(=O)c2ccccc2C)s1. The normalized spacial score (nSPS) is 13.4. The Morgan fingerprint density at radius 2 is 1.85 bits per heavy atom. The summed E-state index contributed by atoms with van der Waals surface area (Å²) in [4.78, 5) is 5.62. The highest BCUT2D eigenvalue weighted by Gasteiger charge is 2.22. The van der Waals surface area contributed by atoms with Gasteiger partial charge in [0.05, 0.1) is 21.6 Å². The summed E-state index contributed by atoms with van der Waals surface area (Å²) in [5.41, 5.74) is 1.62. The van der Waals surface area contributed by atoms with E-state index in [0.29, 0.717) is 4.90 Å². The minimum absolute atomic E-state index is 0.286. The van der Waals surface area contributed by atoms with Crippen LogP contribution in [0, 0.1) is 20.8 Å². The summed E-state index contributed by atoms with van der Waals surface area (Å²) in [6.07, 6.45) is 0. The Morgan fingerprint density at radius 1 is 1.20 bits per heavy atom. The van der Waals surface area contributed by atoms with Crippen molar-refractivity contribution in [2.24, 2.45) is 0 Å². The lowest BCUT2D eigenvalue weighted by atomic mass is 10.2. The lowest BCUT2D eigenvalue weighted by Gasteiger charge is -2.14. The summed E-state index contributed by atoms with van der Waals surface area (Å²) >= 11 is 1.52. The summed E-state index contributed by atoms with van der Waals surface area (Å²) in [5, 5.41) is 0.944. The summed E-state index contributed by atoms with van der Waals surface area (Å²) in [6.45, 7) is 7.46. The van der Waals surface area contributed by atoms with Crippen molar-refractivity contribution in [3.05, 3.63) is 45.4 Å². The molecule has 1 aromatic heterocycles. The first kappa shape index (κ1) is 15.2. The fraction of sp³-hybridized carbons (Fsp3) is 0.357. The van der Waals surface area contributed by atoms with E-state index in [1.165, 1.54) is 11.3 Å². The monoisotopic (exact) mass is 310 g/mol. The third-order valence-electron chi connectivity index (χ3n) is 3.05. The lowest BCUT2D eigenvalue weighted by molar-refractivity contribution is 0.567. The van der Waals surface area contributed by atoms with E-state index in [-0.39, 0.29) is 6.04 Å². The number of benzene rings is 1. The molecule has 1 atom stereocenters. The van der Waals surface area contributed by atoms with Crippen LogP contribution in [0.15, 0.2) is 29.2 Å². The fourth-order valence-electron chi connectivity index (χ4n) is 2.16. The smallest absolute Gasteiger partial charge is 0.241 e. The van der Waals surface area contributed by atoms with E-state index in [4.69, 9.17) is 0 Å². The topological polar surface area (TPSA) is 59.1 Å². The second-order valence-electron chi connectivity index (χ2n) is 4.79. The molecule has 0 aliphatic heterocycles. The van der Waals surface area contributed by atoms with E-state index in [0.717, 1.165) is 21.1 Å². The molecule has 1 heterocycles. The van der Waals surface area contributed by atoms with Gasteiger partial charge in [-0.3, -0.25) is 0 Å². The van der Waals surface area contributed by atoms with Crippen molar-refractivity contribution in [2.45, 2.75) is 38.6 Å². The van der Waals surface area contributed by atoms with Gasteiger partial charge >= 0.3 is 0 Å². The molecule has 0 radical (unpaired) electrons. The number of aromatic nitrogens is 1. The van der Waals surface area contributed by atoms with Crippen LogP contribution in [0.5, 0.6) is 0 Å². The molecule has 0 saturated carbocycles. The molecule has 108 valence electrons. The average molecular weight is 310 g/mol. The maximum Gasteiger partial charge on any atom is 0.241 e. The Labute approximate surface area is 123 Å². The lowest BCUT2D eigenvalue weighted by Crippen LogP contribution is -2.27. The van der Waals surface area contributed by atoms with Gasteiger partial charge in [0.25, 0.3) is 0 Å². The molecule has 20 heavy (non-hydrogen) atoms. The first-order chi connectivity index (χ1) is 9.31. The molecule has 4 nitrogen and oxygen atoms in total. The van der Waals surface area contributed by atoms with Gasteiger partial charge in [-0.2, -0.15) is 0 Å². The first-order valence-corrected chi connectivity index (χ1v) is 8.63. The van der Waals surface area contributed by atoms with Crippen molar-refractivity contribution in [1.29, 1.82) is 0 Å². The zero-order valence-corrected chi connectivity index (χ0v) is 13.6. The van der Waals surface area contributed by atoms with E-state index in [1.807, 2.05) is 26.8 Å². The number of nitrogens with one attached hydrogen (secondary N) is 1. The van der Waals surface area contributed by atoms with E-state index in [1.54, 1.807) is 25.1 Å². The van der Waals surface area contributed by atoms with Gasteiger partial charge in [-0.25, -0.2) is 18.1 Å². The summed E-state index contributed by atoms with van der Waals surface area (Å²) in [5.74, 6) is 0. The highest BCUT2D eigenvalue weighted by molar-refractivity contribution is 7.89. The molecular formula is C14H18N2O2S2. The van der Waals surface area contributed by atoms with Crippen molar-refractivity contribution in [3.63, 3.8) is 0 Å². The predicted molar refractivity (Wildman–Crippen MR) is 81.5 cm³/mol. The molecule has 0 saturated heterocycles. The summed E-state index contributed by atoms with van der Waals surface area (Å²) in [6, 6.07) is 6.69. The van der Waals surface area contributed by atoms with Crippen LogP contribution >= 0.6 is 11.3 Å². The third-order valence-corrected chi connectivity index (χ3v) is 6.00. The second kappa shape index (κ2) is 5.63. The van der Waals surface area contributed by atoms with Crippen molar-refractivity contribution in [3.8, 4) is 0 Å². The zero-order chi connectivity index (χ0) is 14.9. The van der Waals surface area contributed by atoms with Gasteiger partial charge in [0.15, 0.2) is 0 Å². The Bertz CT molecular complexity index is 721.